The summed E-state index contributed by atoms with van der Waals surface area (Å²) in [5, 5.41) is 2.49. The molecule has 1 rings (SSSR count). The van der Waals surface area contributed by atoms with Crippen LogP contribution in [0.15, 0.2) is 23.1 Å². The molecule has 0 unspecified atom stereocenters. The van der Waals surface area contributed by atoms with E-state index in [2.05, 4.69) is 10.0 Å². The van der Waals surface area contributed by atoms with Crippen molar-refractivity contribution in [3.05, 3.63) is 18.2 Å². The van der Waals surface area contributed by atoms with E-state index in [-0.39, 0.29) is 10.6 Å². The second-order valence-corrected chi connectivity index (χ2v) is 6.63. The van der Waals surface area contributed by atoms with Crippen LogP contribution in [0.1, 0.15) is 13.8 Å². The van der Waals surface area contributed by atoms with Gasteiger partial charge >= 0.3 is 5.97 Å². The van der Waals surface area contributed by atoms with E-state index in [1.165, 1.54) is 39.3 Å². The molecule has 0 radical (unpaired) electrons. The van der Waals surface area contributed by atoms with Gasteiger partial charge < -0.3 is 19.5 Å². The molecule has 0 saturated carbocycles. The van der Waals surface area contributed by atoms with Gasteiger partial charge in [0.15, 0.2) is 17.6 Å². The molecule has 25 heavy (non-hydrogen) atoms. The maximum absolute atomic E-state index is 12.2. The summed E-state index contributed by atoms with van der Waals surface area (Å²) in [6.45, 7) is 2.91. The first-order valence-electron chi connectivity index (χ1n) is 7.44. The van der Waals surface area contributed by atoms with Crippen LogP contribution >= 0.6 is 0 Å². The molecule has 0 bridgehead atoms. The zero-order valence-corrected chi connectivity index (χ0v) is 15.3. The zero-order valence-electron chi connectivity index (χ0n) is 14.5. The van der Waals surface area contributed by atoms with E-state index >= 15 is 0 Å². The van der Waals surface area contributed by atoms with E-state index in [0.717, 1.165) is 0 Å². The lowest BCUT2D eigenvalue weighted by Gasteiger charge is -2.13. The highest BCUT2D eigenvalue weighted by atomic mass is 32.2. The topological polar surface area (TPSA) is 120 Å². The molecule has 0 spiro atoms. The quantitative estimate of drug-likeness (QED) is 0.586. The van der Waals surface area contributed by atoms with E-state index in [4.69, 9.17) is 14.2 Å². The van der Waals surface area contributed by atoms with Crippen LogP contribution in [0.5, 0.6) is 11.5 Å². The number of rotatable bonds is 9. The van der Waals surface area contributed by atoms with E-state index < -0.39 is 34.5 Å². The molecule has 1 aromatic rings. The highest BCUT2D eigenvalue weighted by Gasteiger charge is 2.21. The molecule has 0 aromatic heterocycles. The number of hydrogen-bond acceptors (Lipinski definition) is 7. The lowest BCUT2D eigenvalue weighted by molar-refractivity contribution is -0.153. The summed E-state index contributed by atoms with van der Waals surface area (Å²) < 4.78 is 41.5. The van der Waals surface area contributed by atoms with Gasteiger partial charge in [0, 0.05) is 12.6 Å². The molecule has 1 atom stereocenters. The summed E-state index contributed by atoms with van der Waals surface area (Å²) in [6, 6.07) is 4.01. The van der Waals surface area contributed by atoms with Crippen LogP contribution in [-0.4, -0.2) is 53.7 Å². The zero-order chi connectivity index (χ0) is 19.0. The molecular formula is C15H22N2O7S. The number of sulfonamides is 1. The Hall–Kier alpha value is -2.33. The van der Waals surface area contributed by atoms with Crippen LogP contribution in [-0.2, 0) is 24.3 Å². The van der Waals surface area contributed by atoms with Gasteiger partial charge in [0.2, 0.25) is 10.0 Å². The highest BCUT2D eigenvalue weighted by Crippen LogP contribution is 2.29. The van der Waals surface area contributed by atoms with Crippen molar-refractivity contribution in [1.29, 1.82) is 0 Å². The van der Waals surface area contributed by atoms with Crippen molar-refractivity contribution in [2.45, 2.75) is 24.8 Å². The van der Waals surface area contributed by atoms with Gasteiger partial charge in [-0.1, -0.05) is 0 Å². The number of carbonyl (C=O) groups is 2. The number of nitrogens with one attached hydrogen (secondary N) is 2. The maximum atomic E-state index is 12.2. The minimum absolute atomic E-state index is 0.102. The fraction of sp³-hybridized carbons (Fsp3) is 0.467. The average molecular weight is 374 g/mol. The van der Waals surface area contributed by atoms with Gasteiger partial charge in [-0.05, 0) is 26.0 Å². The molecule has 0 aliphatic carbocycles. The van der Waals surface area contributed by atoms with E-state index in [1.807, 2.05) is 0 Å². The van der Waals surface area contributed by atoms with Crippen molar-refractivity contribution in [3.63, 3.8) is 0 Å². The minimum Gasteiger partial charge on any atom is -0.493 e. The van der Waals surface area contributed by atoms with Crippen molar-refractivity contribution in [3.8, 4) is 11.5 Å². The van der Waals surface area contributed by atoms with Crippen molar-refractivity contribution in [2.24, 2.45) is 0 Å². The Morgan fingerprint density at radius 3 is 2.36 bits per heavy atom. The van der Waals surface area contributed by atoms with E-state index in [9.17, 15) is 18.0 Å². The number of ether oxygens (including phenoxy) is 3. The molecule has 9 nitrogen and oxygen atoms in total. The third-order valence-corrected chi connectivity index (χ3v) is 4.50. The minimum atomic E-state index is -3.97. The highest BCUT2D eigenvalue weighted by molar-refractivity contribution is 7.89. The molecule has 2 N–H and O–H groups in total. The molecule has 0 fully saturated rings. The van der Waals surface area contributed by atoms with Crippen LogP contribution in [0.25, 0.3) is 0 Å². The Balaban J connectivity index is 2.72. The van der Waals surface area contributed by atoms with Gasteiger partial charge in [0.25, 0.3) is 5.91 Å². The molecular weight excluding hydrogens is 352 g/mol. The third kappa shape index (κ3) is 5.91. The summed E-state index contributed by atoms with van der Waals surface area (Å²) in [7, 11) is -1.16. The molecule has 0 aliphatic rings. The lowest BCUT2D eigenvalue weighted by atomic mass is 10.3. The molecule has 1 amide bonds. The fourth-order valence-electron chi connectivity index (χ4n) is 1.83. The van der Waals surface area contributed by atoms with Gasteiger partial charge in [0.1, 0.15) is 6.54 Å². The summed E-state index contributed by atoms with van der Waals surface area (Å²) in [6.07, 6.45) is -1.02. The Kier molecular flexibility index (Phi) is 7.65. The SMILES string of the molecule is CCNC(=O)[C@H](C)OC(=O)CNS(=O)(=O)c1ccc(OC)c(OC)c1. The number of carbonyl (C=O) groups excluding carboxylic acids is 2. The van der Waals surface area contributed by atoms with Crippen molar-refractivity contribution in [1.82, 2.24) is 10.0 Å². The van der Waals surface area contributed by atoms with Gasteiger partial charge in [-0.15, -0.1) is 0 Å². The van der Waals surface area contributed by atoms with E-state index in [0.29, 0.717) is 12.3 Å². The number of benzene rings is 1. The summed E-state index contributed by atoms with van der Waals surface area (Å²) in [4.78, 5) is 23.1. The number of likely N-dealkylation sites (N-methyl/N-ethyl adjacent to an activating group) is 1. The lowest BCUT2D eigenvalue weighted by Crippen LogP contribution is -2.38. The predicted molar refractivity (Wildman–Crippen MR) is 89.0 cm³/mol. The van der Waals surface area contributed by atoms with Crippen LogP contribution < -0.4 is 19.5 Å². The van der Waals surface area contributed by atoms with Crippen molar-refractivity contribution < 1.29 is 32.2 Å². The predicted octanol–water partition coefficient (Wildman–Crippen LogP) is 0.0499. The largest absolute Gasteiger partial charge is 0.493 e. The standard InChI is InChI=1S/C15H22N2O7S/c1-5-16-15(19)10(2)24-14(18)9-17-25(20,21)11-6-7-12(22-3)13(8-11)23-4/h6-8,10,17H,5,9H2,1-4H3,(H,16,19)/t10-/m0/s1. The second-order valence-electron chi connectivity index (χ2n) is 4.87. The van der Waals surface area contributed by atoms with E-state index in [1.54, 1.807) is 6.92 Å². The molecule has 0 saturated heterocycles. The first kappa shape index (κ1) is 20.7. The average Bonchev–Trinajstić information content (AvgIpc) is 2.59. The van der Waals surface area contributed by atoms with Crippen LogP contribution in [0.3, 0.4) is 0 Å². The van der Waals surface area contributed by atoms with Gasteiger partial charge in [-0.2, -0.15) is 4.72 Å². The first-order chi connectivity index (χ1) is 11.7. The monoisotopic (exact) mass is 374 g/mol. The second kappa shape index (κ2) is 9.23. The molecule has 140 valence electrons. The molecule has 10 heteroatoms. The number of methoxy groups -OCH3 is 2. The Bertz CT molecular complexity index is 719. The first-order valence-corrected chi connectivity index (χ1v) is 8.92. The van der Waals surface area contributed by atoms with Gasteiger partial charge in [-0.3, -0.25) is 9.59 Å². The summed E-state index contributed by atoms with van der Waals surface area (Å²) in [5.41, 5.74) is 0. The molecule has 1 aromatic carbocycles. The fourth-order valence-corrected chi connectivity index (χ4v) is 2.82. The molecule has 0 heterocycles. The normalized spacial score (nSPS) is 12.2. The van der Waals surface area contributed by atoms with Crippen LogP contribution in [0.2, 0.25) is 0 Å². The summed E-state index contributed by atoms with van der Waals surface area (Å²) in [5.74, 6) is -0.726. The number of amides is 1. The van der Waals surface area contributed by atoms with Crippen LogP contribution in [0.4, 0.5) is 0 Å². The maximum Gasteiger partial charge on any atom is 0.321 e. The Morgan fingerprint density at radius 2 is 1.80 bits per heavy atom. The van der Waals surface area contributed by atoms with Gasteiger partial charge in [0.05, 0.1) is 19.1 Å². The Morgan fingerprint density at radius 1 is 1.16 bits per heavy atom. The Labute approximate surface area is 146 Å². The third-order valence-electron chi connectivity index (χ3n) is 3.10. The summed E-state index contributed by atoms with van der Waals surface area (Å²) >= 11 is 0. The smallest absolute Gasteiger partial charge is 0.321 e. The number of hydrogen-bond donors (Lipinski definition) is 2. The number of esters is 1. The van der Waals surface area contributed by atoms with Crippen molar-refractivity contribution in [2.75, 3.05) is 27.3 Å². The van der Waals surface area contributed by atoms with Crippen molar-refractivity contribution >= 4 is 21.9 Å². The van der Waals surface area contributed by atoms with Crippen LogP contribution in [0, 0.1) is 0 Å². The van der Waals surface area contributed by atoms with Gasteiger partial charge in [-0.25, -0.2) is 8.42 Å². The molecule has 0 aliphatic heterocycles.